The molecule has 1 aliphatic rings. The van der Waals surface area contributed by atoms with Gasteiger partial charge in [-0.25, -0.2) is 18.1 Å². The lowest BCUT2D eigenvalue weighted by molar-refractivity contribution is 0.0849. The Morgan fingerprint density at radius 3 is 2.33 bits per heavy atom. The Morgan fingerprint density at radius 2 is 1.73 bits per heavy atom. The van der Waals surface area contributed by atoms with E-state index in [4.69, 9.17) is 4.99 Å². The van der Waals surface area contributed by atoms with E-state index >= 15 is 0 Å². The highest BCUT2D eigenvalue weighted by Gasteiger charge is 2.26. The fourth-order valence-corrected chi connectivity index (χ4v) is 5.42. The van der Waals surface area contributed by atoms with Gasteiger partial charge in [-0.05, 0) is 69.5 Å². The average molecular weight is 446 g/mol. The third-order valence-corrected chi connectivity index (χ3v) is 7.42. The molecular formula is C22H27N3O3S2. The highest BCUT2D eigenvalue weighted by molar-refractivity contribution is 8.13. The minimum atomic E-state index is -3.59. The van der Waals surface area contributed by atoms with E-state index in [0.717, 1.165) is 29.0 Å². The second-order valence-corrected chi connectivity index (χ2v) is 10.4. The number of rotatable bonds is 5. The van der Waals surface area contributed by atoms with Gasteiger partial charge in [-0.1, -0.05) is 30.0 Å². The summed E-state index contributed by atoms with van der Waals surface area (Å²) in [6, 6.07) is 11.9. The first-order valence-corrected chi connectivity index (χ1v) is 12.4. The van der Waals surface area contributed by atoms with Crippen LogP contribution in [0.3, 0.4) is 0 Å². The number of thioether (sulfide) groups is 1. The molecule has 1 aliphatic heterocycles. The molecule has 0 atom stereocenters. The Bertz CT molecular complexity index is 1040. The van der Waals surface area contributed by atoms with E-state index in [1.807, 2.05) is 32.0 Å². The molecule has 0 bridgehead atoms. The molecule has 160 valence electrons. The fourth-order valence-electron chi connectivity index (χ4n) is 3.23. The van der Waals surface area contributed by atoms with Gasteiger partial charge in [0.1, 0.15) is 0 Å². The van der Waals surface area contributed by atoms with Crippen molar-refractivity contribution < 1.29 is 13.2 Å². The van der Waals surface area contributed by atoms with E-state index in [-0.39, 0.29) is 16.8 Å². The molecule has 30 heavy (non-hydrogen) atoms. The van der Waals surface area contributed by atoms with Gasteiger partial charge in [0, 0.05) is 23.9 Å². The molecule has 0 aromatic heterocycles. The van der Waals surface area contributed by atoms with Crippen molar-refractivity contribution in [1.29, 1.82) is 0 Å². The van der Waals surface area contributed by atoms with E-state index in [9.17, 15) is 13.2 Å². The zero-order valence-electron chi connectivity index (χ0n) is 17.7. The van der Waals surface area contributed by atoms with Crippen LogP contribution < -0.4 is 4.72 Å². The summed E-state index contributed by atoms with van der Waals surface area (Å²) in [5.41, 5.74) is 3.46. The molecule has 6 nitrogen and oxygen atoms in total. The van der Waals surface area contributed by atoms with E-state index < -0.39 is 10.0 Å². The smallest absolute Gasteiger partial charge is 0.259 e. The Kier molecular flexibility index (Phi) is 7.00. The summed E-state index contributed by atoms with van der Waals surface area (Å²) < 4.78 is 27.2. The van der Waals surface area contributed by atoms with Crippen molar-refractivity contribution in [3.05, 3.63) is 59.2 Å². The first kappa shape index (κ1) is 22.5. The van der Waals surface area contributed by atoms with Crippen LogP contribution in [0.1, 0.15) is 41.8 Å². The Hall–Kier alpha value is -2.16. The van der Waals surface area contributed by atoms with Crippen molar-refractivity contribution in [2.45, 2.75) is 45.1 Å². The van der Waals surface area contributed by atoms with Crippen LogP contribution in [0.2, 0.25) is 0 Å². The Morgan fingerprint density at radius 1 is 1.10 bits per heavy atom. The third-order valence-electron chi connectivity index (χ3n) is 4.68. The number of hydrogen-bond acceptors (Lipinski definition) is 5. The largest absolute Gasteiger partial charge is 0.287 e. The highest BCUT2D eigenvalue weighted by atomic mass is 32.2. The van der Waals surface area contributed by atoms with Gasteiger partial charge in [-0.15, -0.1) is 0 Å². The Labute approximate surface area is 182 Å². The molecule has 2 aromatic carbocycles. The number of amidine groups is 1. The van der Waals surface area contributed by atoms with E-state index in [1.165, 1.54) is 12.1 Å². The predicted octanol–water partition coefficient (Wildman–Crippen LogP) is 4.26. The van der Waals surface area contributed by atoms with Crippen molar-refractivity contribution in [3.8, 4) is 0 Å². The first-order chi connectivity index (χ1) is 14.2. The fraction of sp³-hybridized carbons (Fsp3) is 0.364. The summed E-state index contributed by atoms with van der Waals surface area (Å²) in [7, 11) is -3.59. The second kappa shape index (κ2) is 9.32. The maximum atomic E-state index is 13.2. The highest BCUT2D eigenvalue weighted by Crippen LogP contribution is 2.28. The van der Waals surface area contributed by atoms with Crippen LogP contribution in [-0.4, -0.2) is 42.7 Å². The topological polar surface area (TPSA) is 78.8 Å². The lowest BCUT2D eigenvalue weighted by Gasteiger charge is -2.28. The van der Waals surface area contributed by atoms with Crippen molar-refractivity contribution >= 4 is 38.5 Å². The SMILES string of the molecule is Cc1cccc(C)c1N=C1SCCCN1C(=O)c1ccc(S(=O)(=O)NC(C)C)cc1. The third kappa shape index (κ3) is 5.11. The number of benzene rings is 2. The van der Waals surface area contributed by atoms with Crippen LogP contribution in [0.15, 0.2) is 52.4 Å². The van der Waals surface area contributed by atoms with E-state index in [1.54, 1.807) is 42.6 Å². The second-order valence-electron chi connectivity index (χ2n) is 7.59. The average Bonchev–Trinajstić information content (AvgIpc) is 2.70. The van der Waals surface area contributed by atoms with E-state index in [0.29, 0.717) is 17.3 Å². The van der Waals surface area contributed by atoms with Crippen molar-refractivity contribution in [1.82, 2.24) is 9.62 Å². The lowest BCUT2D eigenvalue weighted by Crippen LogP contribution is -2.39. The molecule has 0 saturated carbocycles. The molecule has 0 radical (unpaired) electrons. The van der Waals surface area contributed by atoms with Gasteiger partial charge in [0.05, 0.1) is 10.6 Å². The number of para-hydroxylation sites is 1. The summed E-state index contributed by atoms with van der Waals surface area (Å²) in [4.78, 5) is 19.8. The van der Waals surface area contributed by atoms with Crippen LogP contribution in [-0.2, 0) is 10.0 Å². The molecule has 0 unspecified atom stereocenters. The monoisotopic (exact) mass is 445 g/mol. The van der Waals surface area contributed by atoms with Crippen molar-refractivity contribution in [2.24, 2.45) is 4.99 Å². The van der Waals surface area contributed by atoms with Crippen LogP contribution in [0, 0.1) is 13.8 Å². The molecule has 1 N–H and O–H groups in total. The van der Waals surface area contributed by atoms with E-state index in [2.05, 4.69) is 4.72 Å². The minimum absolute atomic E-state index is 0.144. The summed E-state index contributed by atoms with van der Waals surface area (Å²) in [5.74, 6) is 0.735. The van der Waals surface area contributed by atoms with Gasteiger partial charge in [0.2, 0.25) is 10.0 Å². The van der Waals surface area contributed by atoms with Gasteiger partial charge in [0.25, 0.3) is 5.91 Å². The van der Waals surface area contributed by atoms with Crippen LogP contribution in [0.5, 0.6) is 0 Å². The summed E-state index contributed by atoms with van der Waals surface area (Å²) in [6.45, 7) is 8.14. The maximum absolute atomic E-state index is 13.2. The number of carbonyl (C=O) groups is 1. The van der Waals surface area contributed by atoms with Crippen LogP contribution in [0.4, 0.5) is 5.69 Å². The van der Waals surface area contributed by atoms with Gasteiger partial charge >= 0.3 is 0 Å². The zero-order chi connectivity index (χ0) is 21.9. The molecule has 0 spiro atoms. The summed E-state index contributed by atoms with van der Waals surface area (Å²) in [6.07, 6.45) is 0.882. The van der Waals surface area contributed by atoms with Crippen molar-refractivity contribution in [3.63, 3.8) is 0 Å². The molecule has 2 aromatic rings. The molecule has 8 heteroatoms. The zero-order valence-corrected chi connectivity index (χ0v) is 19.3. The van der Waals surface area contributed by atoms with Gasteiger partial charge < -0.3 is 0 Å². The van der Waals surface area contributed by atoms with Crippen molar-refractivity contribution in [2.75, 3.05) is 12.3 Å². The molecule has 1 amide bonds. The number of hydrogen-bond donors (Lipinski definition) is 1. The normalized spacial score (nSPS) is 16.3. The quantitative estimate of drug-likeness (QED) is 0.746. The van der Waals surface area contributed by atoms with Gasteiger partial charge in [-0.2, -0.15) is 0 Å². The predicted molar refractivity (Wildman–Crippen MR) is 123 cm³/mol. The number of nitrogens with one attached hydrogen (secondary N) is 1. The molecule has 0 aliphatic carbocycles. The maximum Gasteiger partial charge on any atom is 0.259 e. The number of sulfonamides is 1. The number of nitrogens with zero attached hydrogens (tertiary/aromatic N) is 2. The molecule has 1 fully saturated rings. The minimum Gasteiger partial charge on any atom is -0.287 e. The van der Waals surface area contributed by atoms with Gasteiger partial charge in [0.15, 0.2) is 5.17 Å². The van der Waals surface area contributed by atoms with Crippen LogP contribution in [0.25, 0.3) is 0 Å². The van der Waals surface area contributed by atoms with Crippen LogP contribution >= 0.6 is 11.8 Å². The lowest BCUT2D eigenvalue weighted by atomic mass is 10.1. The summed E-state index contributed by atoms with van der Waals surface area (Å²) >= 11 is 1.57. The number of aryl methyl sites for hydroxylation is 2. The number of amides is 1. The number of carbonyl (C=O) groups excluding carboxylic acids is 1. The van der Waals surface area contributed by atoms with Gasteiger partial charge in [-0.3, -0.25) is 9.69 Å². The molecule has 3 rings (SSSR count). The molecular weight excluding hydrogens is 418 g/mol. The summed E-state index contributed by atoms with van der Waals surface area (Å²) in [5, 5.41) is 0.682. The first-order valence-electron chi connectivity index (χ1n) is 9.91. The Balaban J connectivity index is 1.88. The standard InChI is InChI=1S/C22H27N3O3S2/c1-15(2)24-30(27,28)19-11-9-18(10-12-19)21(26)25-13-6-14-29-22(25)23-20-16(3)7-5-8-17(20)4/h5,7-12,15,24H,6,13-14H2,1-4H3. The molecule has 1 heterocycles. The number of aliphatic imine (C=N–C) groups is 1. The molecule has 1 saturated heterocycles.